The molecule has 0 spiro atoms. The lowest BCUT2D eigenvalue weighted by Crippen LogP contribution is -2.36. The molecule has 1 heterocycles. The van der Waals surface area contributed by atoms with Crippen molar-refractivity contribution in [2.24, 2.45) is 0 Å². The second kappa shape index (κ2) is 6.94. The fraction of sp³-hybridized carbons (Fsp3) is 0.333. The maximum absolute atomic E-state index is 5.39. The fourth-order valence-electron chi connectivity index (χ4n) is 3.54. The van der Waals surface area contributed by atoms with E-state index in [-0.39, 0.29) is 5.41 Å². The van der Waals surface area contributed by atoms with E-state index >= 15 is 0 Å². The highest BCUT2D eigenvalue weighted by Crippen LogP contribution is 2.52. The van der Waals surface area contributed by atoms with Gasteiger partial charge >= 0.3 is 0 Å². The van der Waals surface area contributed by atoms with Gasteiger partial charge in [0.2, 0.25) is 0 Å². The van der Waals surface area contributed by atoms with E-state index in [1.165, 1.54) is 16.0 Å². The van der Waals surface area contributed by atoms with E-state index in [2.05, 4.69) is 56.0 Å². The van der Waals surface area contributed by atoms with Gasteiger partial charge in [0, 0.05) is 16.1 Å². The molecule has 2 aromatic rings. The first kappa shape index (κ1) is 17.0. The molecule has 0 unspecified atom stereocenters. The summed E-state index contributed by atoms with van der Waals surface area (Å²) in [6.45, 7) is 6.36. The number of ether oxygens (including phenoxy) is 2. The van der Waals surface area contributed by atoms with E-state index in [1.54, 1.807) is 14.2 Å². The van der Waals surface area contributed by atoms with Crippen LogP contribution in [0.3, 0.4) is 0 Å². The molecule has 0 bridgehead atoms. The van der Waals surface area contributed by atoms with Crippen molar-refractivity contribution in [1.82, 2.24) is 0 Å². The Bertz CT molecular complexity index is 723. The lowest BCUT2D eigenvalue weighted by atomic mass is 9.68. The van der Waals surface area contributed by atoms with E-state index in [1.807, 2.05) is 17.8 Å². The molecule has 2 aromatic carbocycles. The zero-order chi connectivity index (χ0) is 17.2. The van der Waals surface area contributed by atoms with E-state index < -0.39 is 0 Å². The molecule has 0 aromatic heterocycles. The van der Waals surface area contributed by atoms with Gasteiger partial charge in [0.15, 0.2) is 0 Å². The highest BCUT2D eigenvalue weighted by Gasteiger charge is 2.40. The minimum Gasteiger partial charge on any atom is -0.497 e. The van der Waals surface area contributed by atoms with Crippen LogP contribution in [-0.4, -0.2) is 20.0 Å². The van der Waals surface area contributed by atoms with Gasteiger partial charge in [-0.2, -0.15) is 0 Å². The predicted octanol–water partition coefficient (Wildman–Crippen LogP) is 5.43. The Balaban J connectivity index is 2.04. The van der Waals surface area contributed by atoms with Crippen molar-refractivity contribution in [3.63, 3.8) is 0 Å². The SMILES string of the molecule is C=CC[C@H]1c2ccc(OC)cc2SC[C@@]1(C)c1ccc(OC)cc1. The van der Waals surface area contributed by atoms with Gasteiger partial charge in [-0.3, -0.25) is 0 Å². The van der Waals surface area contributed by atoms with Crippen LogP contribution in [0.5, 0.6) is 11.5 Å². The molecule has 2 nitrogen and oxygen atoms in total. The number of rotatable bonds is 5. The Labute approximate surface area is 148 Å². The third-order valence-electron chi connectivity index (χ3n) is 5.04. The van der Waals surface area contributed by atoms with Gasteiger partial charge < -0.3 is 9.47 Å². The van der Waals surface area contributed by atoms with Crippen molar-refractivity contribution in [2.75, 3.05) is 20.0 Å². The lowest BCUT2D eigenvalue weighted by molar-refractivity contribution is 0.397. The molecule has 0 aliphatic carbocycles. The Morgan fingerprint density at radius 2 is 1.79 bits per heavy atom. The maximum Gasteiger partial charge on any atom is 0.119 e. The highest BCUT2D eigenvalue weighted by molar-refractivity contribution is 7.99. The zero-order valence-corrected chi connectivity index (χ0v) is 15.4. The zero-order valence-electron chi connectivity index (χ0n) is 14.5. The smallest absolute Gasteiger partial charge is 0.119 e. The van der Waals surface area contributed by atoms with Crippen molar-refractivity contribution in [3.8, 4) is 11.5 Å². The molecule has 24 heavy (non-hydrogen) atoms. The second-order valence-electron chi connectivity index (χ2n) is 6.42. The molecule has 0 fully saturated rings. The Morgan fingerprint density at radius 3 is 2.42 bits per heavy atom. The first-order valence-corrected chi connectivity index (χ1v) is 9.17. The van der Waals surface area contributed by atoms with Gasteiger partial charge in [-0.1, -0.05) is 31.2 Å². The number of thioether (sulfide) groups is 1. The summed E-state index contributed by atoms with van der Waals surface area (Å²) in [4.78, 5) is 1.33. The Hall–Kier alpha value is -1.87. The van der Waals surface area contributed by atoms with E-state index in [9.17, 15) is 0 Å². The van der Waals surface area contributed by atoms with E-state index in [0.29, 0.717) is 5.92 Å². The highest BCUT2D eigenvalue weighted by atomic mass is 32.2. The average molecular weight is 340 g/mol. The third-order valence-corrected chi connectivity index (χ3v) is 6.45. The average Bonchev–Trinajstić information content (AvgIpc) is 2.64. The molecular formula is C21H24O2S. The lowest BCUT2D eigenvalue weighted by Gasteiger charge is -2.42. The van der Waals surface area contributed by atoms with E-state index in [4.69, 9.17) is 9.47 Å². The molecule has 126 valence electrons. The van der Waals surface area contributed by atoms with Gasteiger partial charge in [0.05, 0.1) is 14.2 Å². The Kier molecular flexibility index (Phi) is 4.91. The number of benzene rings is 2. The van der Waals surface area contributed by atoms with Crippen molar-refractivity contribution >= 4 is 11.8 Å². The van der Waals surface area contributed by atoms with Crippen LogP contribution in [0.4, 0.5) is 0 Å². The topological polar surface area (TPSA) is 18.5 Å². The minimum absolute atomic E-state index is 0.0622. The van der Waals surface area contributed by atoms with E-state index in [0.717, 1.165) is 23.7 Å². The number of hydrogen-bond acceptors (Lipinski definition) is 3. The number of methoxy groups -OCH3 is 2. The van der Waals surface area contributed by atoms with Gasteiger partial charge in [-0.25, -0.2) is 0 Å². The fourth-order valence-corrected chi connectivity index (χ4v) is 4.94. The van der Waals surface area contributed by atoms with Crippen molar-refractivity contribution < 1.29 is 9.47 Å². The summed E-state index contributed by atoms with van der Waals surface area (Å²) in [6, 6.07) is 14.9. The molecule has 1 aliphatic rings. The summed E-state index contributed by atoms with van der Waals surface area (Å²) in [5.41, 5.74) is 2.81. The molecule has 0 saturated heterocycles. The Morgan fingerprint density at radius 1 is 1.12 bits per heavy atom. The number of allylic oxidation sites excluding steroid dienone is 1. The normalized spacial score (nSPS) is 22.5. The first-order valence-electron chi connectivity index (χ1n) is 8.18. The number of hydrogen-bond donors (Lipinski definition) is 0. The van der Waals surface area contributed by atoms with Crippen LogP contribution in [-0.2, 0) is 5.41 Å². The summed E-state index contributed by atoms with van der Waals surface area (Å²) in [5, 5.41) is 0. The summed E-state index contributed by atoms with van der Waals surface area (Å²) in [6.07, 6.45) is 3.00. The molecule has 3 heteroatoms. The number of fused-ring (bicyclic) bond motifs is 1. The van der Waals surface area contributed by atoms with Gasteiger partial charge in [-0.05, 0) is 47.7 Å². The molecule has 0 saturated carbocycles. The molecule has 0 radical (unpaired) electrons. The van der Waals surface area contributed by atoms with Gasteiger partial charge in [-0.15, -0.1) is 18.3 Å². The van der Waals surface area contributed by atoms with Crippen molar-refractivity contribution in [1.29, 1.82) is 0 Å². The summed E-state index contributed by atoms with van der Waals surface area (Å²) in [7, 11) is 3.43. The van der Waals surface area contributed by atoms with Crippen LogP contribution in [0.2, 0.25) is 0 Å². The molecule has 0 amide bonds. The van der Waals surface area contributed by atoms with Crippen LogP contribution in [0.1, 0.15) is 30.4 Å². The van der Waals surface area contributed by atoms with Crippen molar-refractivity contribution in [3.05, 3.63) is 66.2 Å². The third kappa shape index (κ3) is 2.93. The summed E-state index contributed by atoms with van der Waals surface area (Å²) >= 11 is 1.91. The quantitative estimate of drug-likeness (QED) is 0.676. The monoisotopic (exact) mass is 340 g/mol. The largest absolute Gasteiger partial charge is 0.497 e. The standard InChI is InChI=1S/C21H24O2S/c1-5-6-19-18-12-11-17(23-4)13-20(18)24-14-21(19,2)15-7-9-16(22-3)10-8-15/h5,7-13,19H,1,6,14H2,2-4H3/t19-,21-/m0/s1. The molecular weight excluding hydrogens is 316 g/mol. The predicted molar refractivity (Wildman–Crippen MR) is 102 cm³/mol. The van der Waals surface area contributed by atoms with Crippen molar-refractivity contribution in [2.45, 2.75) is 29.6 Å². The minimum atomic E-state index is 0.0622. The second-order valence-corrected chi connectivity index (χ2v) is 7.43. The molecule has 3 rings (SSSR count). The first-order chi connectivity index (χ1) is 11.6. The van der Waals surface area contributed by atoms with Crippen LogP contribution in [0, 0.1) is 0 Å². The van der Waals surface area contributed by atoms with Crippen LogP contribution >= 0.6 is 11.8 Å². The summed E-state index contributed by atoms with van der Waals surface area (Å²) in [5.74, 6) is 3.27. The van der Waals surface area contributed by atoms with Gasteiger partial charge in [0.25, 0.3) is 0 Å². The van der Waals surface area contributed by atoms with Gasteiger partial charge in [0.1, 0.15) is 11.5 Å². The van der Waals surface area contributed by atoms with Crippen LogP contribution in [0.25, 0.3) is 0 Å². The molecule has 0 N–H and O–H groups in total. The molecule has 2 atom stereocenters. The maximum atomic E-state index is 5.39. The van der Waals surface area contributed by atoms with Crippen LogP contribution in [0.15, 0.2) is 60.0 Å². The van der Waals surface area contributed by atoms with Crippen LogP contribution < -0.4 is 9.47 Å². The molecule has 1 aliphatic heterocycles. The summed E-state index contributed by atoms with van der Waals surface area (Å²) < 4.78 is 10.7.